The summed E-state index contributed by atoms with van der Waals surface area (Å²) in [6.45, 7) is 7.35. The average Bonchev–Trinajstić information content (AvgIpc) is 3.73. The van der Waals surface area contributed by atoms with Crippen molar-refractivity contribution >= 4 is 62.5 Å². The fourth-order valence-electron chi connectivity index (χ4n) is 5.61. The summed E-state index contributed by atoms with van der Waals surface area (Å²) in [6, 6.07) is 15.9. The molecule has 2 aliphatic heterocycles. The first kappa shape index (κ1) is 30.0. The summed E-state index contributed by atoms with van der Waals surface area (Å²) >= 11 is 14.7. The number of aromatic nitrogens is 1. The summed E-state index contributed by atoms with van der Waals surface area (Å²) in [7, 11) is 0. The number of anilines is 3. The molecule has 12 heteroatoms. The lowest BCUT2D eigenvalue weighted by atomic mass is 10.0. The van der Waals surface area contributed by atoms with E-state index in [1.807, 2.05) is 48.7 Å². The van der Waals surface area contributed by atoms with Gasteiger partial charge in [-0.3, -0.25) is 9.99 Å². The van der Waals surface area contributed by atoms with Gasteiger partial charge in [0.05, 0.1) is 33.1 Å². The van der Waals surface area contributed by atoms with Crippen molar-refractivity contribution in [3.63, 3.8) is 0 Å². The highest BCUT2D eigenvalue weighted by molar-refractivity contribution is 7.10. The van der Waals surface area contributed by atoms with Crippen LogP contribution < -0.4 is 21.6 Å². The highest BCUT2D eigenvalue weighted by Crippen LogP contribution is 2.38. The number of benzene rings is 2. The van der Waals surface area contributed by atoms with Gasteiger partial charge in [0.1, 0.15) is 18.2 Å². The van der Waals surface area contributed by atoms with Crippen molar-refractivity contribution in [2.75, 3.05) is 30.3 Å². The highest BCUT2D eigenvalue weighted by Gasteiger charge is 2.29. The van der Waals surface area contributed by atoms with E-state index >= 15 is 0 Å². The molecule has 0 amide bonds. The number of piperidine rings is 1. The van der Waals surface area contributed by atoms with Crippen LogP contribution in [-0.4, -0.2) is 40.6 Å². The third-order valence-electron chi connectivity index (χ3n) is 8.15. The van der Waals surface area contributed by atoms with Crippen molar-refractivity contribution in [2.45, 2.75) is 38.8 Å². The van der Waals surface area contributed by atoms with E-state index in [0.717, 1.165) is 60.0 Å². The molecule has 4 N–H and O–H groups in total. The Kier molecular flexibility index (Phi) is 8.81. The Bertz CT molecular complexity index is 1810. The molecule has 0 unspecified atom stereocenters. The van der Waals surface area contributed by atoms with Crippen molar-refractivity contribution in [1.29, 1.82) is 10.5 Å². The second kappa shape index (κ2) is 12.9. The van der Waals surface area contributed by atoms with Gasteiger partial charge in [-0.1, -0.05) is 36.2 Å². The molecule has 2 aromatic heterocycles. The minimum absolute atomic E-state index is 0.303. The molecule has 4 heterocycles. The van der Waals surface area contributed by atoms with Crippen molar-refractivity contribution in [2.24, 2.45) is 0 Å². The standard InChI is InChI=1S/C32H31Cl2N9S/c1-3-42-8-6-24(7-9-42)43-17-28(40-41-43)32(29-10-20(14-35)18-44-29)39-23-11-25-30(38-22-5-4-19(2)26(33)12-22)21(15-36)16-37-31(25)27(34)13-23/h4-5,10-13,16-18,24,32,39-41H,3,6-9H2,1-2H3,(H,37,38)/t32-/m1/s1. The number of hydrogen-bond donors (Lipinski definition) is 4. The Balaban J connectivity index is 1.36. The van der Waals surface area contributed by atoms with Crippen LogP contribution in [0.15, 0.2) is 59.9 Å². The fraction of sp³-hybridized carbons (Fsp3) is 0.281. The second-order valence-electron chi connectivity index (χ2n) is 10.9. The molecule has 44 heavy (non-hydrogen) atoms. The van der Waals surface area contributed by atoms with Gasteiger partial charge in [-0.2, -0.15) is 10.5 Å². The van der Waals surface area contributed by atoms with Gasteiger partial charge in [0, 0.05) is 63.6 Å². The van der Waals surface area contributed by atoms with Crippen molar-refractivity contribution in [3.8, 4) is 12.1 Å². The number of nitriles is 2. The van der Waals surface area contributed by atoms with Gasteiger partial charge in [0.25, 0.3) is 0 Å². The Labute approximate surface area is 270 Å². The van der Waals surface area contributed by atoms with Gasteiger partial charge in [-0.25, -0.2) is 0 Å². The molecule has 224 valence electrons. The SMILES string of the molecule is CCN1CCC(N2C=C([C@@H](Nc3cc(Cl)c4ncc(C#N)c(Nc5ccc(C)c(Cl)c5)c4c3)c3cc(C#N)cs3)NN2)CC1. The number of rotatable bonds is 8. The van der Waals surface area contributed by atoms with Crippen LogP contribution in [0, 0.1) is 29.6 Å². The first-order chi connectivity index (χ1) is 21.4. The molecule has 2 aromatic carbocycles. The minimum atomic E-state index is -0.303. The lowest BCUT2D eigenvalue weighted by Crippen LogP contribution is -2.48. The van der Waals surface area contributed by atoms with Crippen LogP contribution in [-0.2, 0) is 0 Å². The summed E-state index contributed by atoms with van der Waals surface area (Å²) in [6.07, 6.45) is 5.77. The molecule has 0 spiro atoms. The summed E-state index contributed by atoms with van der Waals surface area (Å²) < 4.78 is 0. The Hall–Kier alpha value is -4.03. The van der Waals surface area contributed by atoms with Gasteiger partial charge in [0.15, 0.2) is 0 Å². The smallest absolute Gasteiger partial charge is 0.104 e. The Morgan fingerprint density at radius 2 is 1.89 bits per heavy atom. The quantitative estimate of drug-likeness (QED) is 0.158. The zero-order valence-electron chi connectivity index (χ0n) is 24.3. The van der Waals surface area contributed by atoms with Crippen LogP contribution in [0.5, 0.6) is 0 Å². The molecule has 1 atom stereocenters. The van der Waals surface area contributed by atoms with Crippen molar-refractivity contribution in [1.82, 2.24) is 25.9 Å². The number of nitrogens with zero attached hydrogens (tertiary/aromatic N) is 5. The van der Waals surface area contributed by atoms with Gasteiger partial charge < -0.3 is 21.0 Å². The maximum absolute atomic E-state index is 9.96. The average molecular weight is 645 g/mol. The largest absolute Gasteiger partial charge is 0.372 e. The van der Waals surface area contributed by atoms with Gasteiger partial charge in [-0.05, 0) is 62.2 Å². The van der Waals surface area contributed by atoms with Crippen LogP contribution in [0.1, 0.15) is 47.4 Å². The number of likely N-dealkylation sites (tertiary alicyclic amines) is 1. The Morgan fingerprint density at radius 3 is 2.59 bits per heavy atom. The number of aryl methyl sites for hydroxylation is 1. The first-order valence-corrected chi connectivity index (χ1v) is 16.0. The molecule has 0 bridgehead atoms. The number of thiophene rings is 1. The summed E-state index contributed by atoms with van der Waals surface area (Å²) in [4.78, 5) is 7.94. The van der Waals surface area contributed by atoms with Crippen molar-refractivity contribution in [3.05, 3.63) is 91.5 Å². The zero-order valence-corrected chi connectivity index (χ0v) is 26.6. The lowest BCUT2D eigenvalue weighted by molar-refractivity contribution is 0.112. The van der Waals surface area contributed by atoms with E-state index in [9.17, 15) is 10.5 Å². The molecule has 2 aliphatic rings. The van der Waals surface area contributed by atoms with Crippen LogP contribution in [0.25, 0.3) is 10.9 Å². The van der Waals surface area contributed by atoms with Crippen LogP contribution in [0.3, 0.4) is 0 Å². The number of nitrogens with one attached hydrogen (secondary N) is 4. The number of fused-ring (bicyclic) bond motifs is 1. The van der Waals surface area contributed by atoms with E-state index in [0.29, 0.717) is 43.8 Å². The molecule has 6 rings (SSSR count). The van der Waals surface area contributed by atoms with Crippen LogP contribution in [0.2, 0.25) is 10.0 Å². The van der Waals surface area contributed by atoms with E-state index in [-0.39, 0.29) is 6.04 Å². The molecule has 0 saturated carbocycles. The third kappa shape index (κ3) is 6.14. The van der Waals surface area contributed by atoms with Gasteiger partial charge in [-0.15, -0.1) is 16.9 Å². The topological polar surface area (TPSA) is 115 Å². The van der Waals surface area contributed by atoms with Gasteiger partial charge >= 0.3 is 0 Å². The van der Waals surface area contributed by atoms with Gasteiger partial charge in [0.2, 0.25) is 0 Å². The molecular weight excluding hydrogens is 613 g/mol. The minimum Gasteiger partial charge on any atom is -0.372 e. The molecular formula is C32H31Cl2N9S. The molecule has 9 nitrogen and oxygen atoms in total. The second-order valence-corrected chi connectivity index (χ2v) is 12.7. The van der Waals surface area contributed by atoms with E-state index in [1.54, 1.807) is 0 Å². The molecule has 1 saturated heterocycles. The number of hydrogen-bond acceptors (Lipinski definition) is 10. The fourth-order valence-corrected chi connectivity index (χ4v) is 6.96. The summed E-state index contributed by atoms with van der Waals surface area (Å²) in [5.74, 6) is 0. The number of hydrazine groups is 2. The molecule has 0 radical (unpaired) electrons. The van der Waals surface area contributed by atoms with Crippen molar-refractivity contribution < 1.29 is 0 Å². The summed E-state index contributed by atoms with van der Waals surface area (Å²) in [5, 5.41) is 32.3. The molecule has 0 aliphatic carbocycles. The maximum atomic E-state index is 9.96. The van der Waals surface area contributed by atoms with E-state index in [1.165, 1.54) is 17.5 Å². The normalized spacial score (nSPS) is 16.2. The number of pyridine rings is 1. The Morgan fingerprint density at radius 1 is 1.09 bits per heavy atom. The third-order valence-corrected chi connectivity index (χ3v) is 9.84. The van der Waals surface area contributed by atoms with E-state index in [2.05, 4.69) is 61.7 Å². The lowest BCUT2D eigenvalue weighted by Gasteiger charge is -2.35. The monoisotopic (exact) mass is 643 g/mol. The maximum Gasteiger partial charge on any atom is 0.104 e. The predicted molar refractivity (Wildman–Crippen MR) is 178 cm³/mol. The predicted octanol–water partition coefficient (Wildman–Crippen LogP) is 7.20. The molecule has 4 aromatic rings. The zero-order chi connectivity index (χ0) is 30.8. The highest BCUT2D eigenvalue weighted by atomic mass is 35.5. The van der Waals surface area contributed by atoms with E-state index < -0.39 is 0 Å². The van der Waals surface area contributed by atoms with Crippen LogP contribution >= 0.6 is 34.5 Å². The number of halogens is 2. The summed E-state index contributed by atoms with van der Waals surface area (Å²) in [5.41, 5.74) is 12.2. The first-order valence-electron chi connectivity index (χ1n) is 14.4. The molecule has 1 fully saturated rings. The van der Waals surface area contributed by atoms with Crippen LogP contribution in [0.4, 0.5) is 17.1 Å². The van der Waals surface area contributed by atoms with E-state index in [4.69, 9.17) is 23.2 Å².